The number of aromatic nitrogens is 3. The van der Waals surface area contributed by atoms with Gasteiger partial charge < -0.3 is 25.0 Å². The zero-order valence-corrected chi connectivity index (χ0v) is 20.8. The molecule has 0 spiro atoms. The predicted octanol–water partition coefficient (Wildman–Crippen LogP) is 4.93. The van der Waals surface area contributed by atoms with Crippen molar-refractivity contribution in [1.29, 1.82) is 0 Å². The van der Waals surface area contributed by atoms with E-state index in [0.29, 0.717) is 18.7 Å². The molecular formula is C25H25F6N5O4. The number of carbonyl (C=O) groups is 2. The molecule has 4 heterocycles. The Hall–Kier alpha value is -3.88. The van der Waals surface area contributed by atoms with Gasteiger partial charge in [-0.15, -0.1) is 13.2 Å². The molecule has 2 aliphatic rings. The molecular weight excluding hydrogens is 548 g/mol. The molecule has 5 rings (SSSR count). The van der Waals surface area contributed by atoms with Crippen LogP contribution in [0.1, 0.15) is 59.4 Å². The molecule has 1 aromatic carbocycles. The van der Waals surface area contributed by atoms with E-state index in [0.717, 1.165) is 66.9 Å². The van der Waals surface area contributed by atoms with E-state index in [1.807, 2.05) is 6.07 Å². The summed E-state index contributed by atoms with van der Waals surface area (Å²) >= 11 is 0. The lowest BCUT2D eigenvalue weighted by Crippen LogP contribution is -2.38. The summed E-state index contributed by atoms with van der Waals surface area (Å²) in [5.74, 6) is -2.10. The summed E-state index contributed by atoms with van der Waals surface area (Å²) in [6, 6.07) is 7.32. The van der Waals surface area contributed by atoms with Gasteiger partial charge in [-0.05, 0) is 74.0 Å². The van der Waals surface area contributed by atoms with Crippen LogP contribution in [0.25, 0.3) is 11.2 Å². The highest BCUT2D eigenvalue weighted by Crippen LogP contribution is 2.33. The van der Waals surface area contributed by atoms with E-state index in [-0.39, 0.29) is 23.6 Å². The van der Waals surface area contributed by atoms with Crippen molar-refractivity contribution >= 4 is 23.0 Å². The largest absolute Gasteiger partial charge is 0.573 e. The van der Waals surface area contributed by atoms with Gasteiger partial charge >= 0.3 is 18.5 Å². The first-order valence-corrected chi connectivity index (χ1v) is 12.3. The number of hydrogen-bond donors (Lipinski definition) is 3. The maximum Gasteiger partial charge on any atom is 0.573 e. The van der Waals surface area contributed by atoms with Gasteiger partial charge in [0, 0.05) is 24.8 Å². The van der Waals surface area contributed by atoms with Crippen molar-refractivity contribution in [3.05, 3.63) is 53.5 Å². The highest BCUT2D eigenvalue weighted by atomic mass is 19.4. The fraction of sp³-hybridized carbons (Fsp3) is 0.440. The van der Waals surface area contributed by atoms with E-state index in [9.17, 15) is 31.1 Å². The maximum absolute atomic E-state index is 12.8. The number of amides is 1. The second-order valence-electron chi connectivity index (χ2n) is 9.31. The third kappa shape index (κ3) is 7.20. The van der Waals surface area contributed by atoms with Crippen LogP contribution in [-0.2, 0) is 4.79 Å². The number of aromatic amines is 1. The predicted molar refractivity (Wildman–Crippen MR) is 129 cm³/mol. The van der Waals surface area contributed by atoms with Gasteiger partial charge in [0.1, 0.15) is 11.6 Å². The van der Waals surface area contributed by atoms with Crippen molar-refractivity contribution in [3.63, 3.8) is 0 Å². The van der Waals surface area contributed by atoms with Crippen molar-refractivity contribution in [2.24, 2.45) is 0 Å². The lowest BCUT2D eigenvalue weighted by molar-refractivity contribution is -0.274. The number of carbonyl (C=O) groups excluding carboxylic acids is 1. The molecule has 1 atom stereocenters. The highest BCUT2D eigenvalue weighted by Gasteiger charge is 2.38. The summed E-state index contributed by atoms with van der Waals surface area (Å²) in [6.45, 7) is 2.13. The Balaban J connectivity index is 0.000000470. The van der Waals surface area contributed by atoms with Crippen LogP contribution in [0.2, 0.25) is 0 Å². The summed E-state index contributed by atoms with van der Waals surface area (Å²) in [4.78, 5) is 36.1. The van der Waals surface area contributed by atoms with E-state index in [1.54, 1.807) is 11.1 Å². The van der Waals surface area contributed by atoms with Gasteiger partial charge in [-0.1, -0.05) is 0 Å². The molecule has 0 radical (unpaired) electrons. The number of H-pyrrole nitrogens is 1. The van der Waals surface area contributed by atoms with Crippen LogP contribution >= 0.6 is 0 Å². The first-order valence-electron chi connectivity index (χ1n) is 12.3. The number of nitrogens with one attached hydrogen (secondary N) is 2. The van der Waals surface area contributed by atoms with E-state index >= 15 is 0 Å². The Labute approximate surface area is 223 Å². The molecule has 2 fully saturated rings. The third-order valence-corrected chi connectivity index (χ3v) is 6.63. The second-order valence-corrected chi connectivity index (χ2v) is 9.31. The molecule has 40 heavy (non-hydrogen) atoms. The molecule has 15 heteroatoms. The zero-order valence-electron chi connectivity index (χ0n) is 20.8. The van der Waals surface area contributed by atoms with Crippen LogP contribution < -0.4 is 10.1 Å². The lowest BCUT2D eigenvalue weighted by atomic mass is 9.89. The molecule has 9 nitrogen and oxygen atoms in total. The van der Waals surface area contributed by atoms with Crippen LogP contribution in [-0.4, -0.2) is 69.0 Å². The smallest absolute Gasteiger partial charge is 0.475 e. The van der Waals surface area contributed by atoms with Crippen LogP contribution in [0.15, 0.2) is 36.5 Å². The molecule has 0 unspecified atom stereocenters. The van der Waals surface area contributed by atoms with Gasteiger partial charge in [-0.2, -0.15) is 13.2 Å². The number of nitrogens with zero attached hydrogens (tertiary/aromatic N) is 3. The minimum Gasteiger partial charge on any atom is -0.475 e. The molecule has 0 saturated carbocycles. The number of rotatable bonds is 4. The normalized spacial score (nSPS) is 18.4. The summed E-state index contributed by atoms with van der Waals surface area (Å²) < 4.78 is 72.6. The molecule has 2 aromatic heterocycles. The Morgan fingerprint density at radius 3 is 2.20 bits per heavy atom. The molecule has 2 aliphatic heterocycles. The molecule has 216 valence electrons. The van der Waals surface area contributed by atoms with Crippen molar-refractivity contribution in [2.45, 2.75) is 50.2 Å². The Kier molecular flexibility index (Phi) is 8.51. The Bertz CT molecular complexity index is 1330. The van der Waals surface area contributed by atoms with Gasteiger partial charge in [0.15, 0.2) is 5.65 Å². The SMILES string of the molecule is O=C(O)C(F)(F)F.O=C(c1ccc(OC(F)(F)F)cc1)N1CCC(c2ccnc3nc([C@@H]4CCCN4)[nH]c23)CC1. The van der Waals surface area contributed by atoms with Gasteiger partial charge in [-0.25, -0.2) is 14.8 Å². The molecule has 2 saturated heterocycles. The number of benzene rings is 1. The van der Waals surface area contributed by atoms with Gasteiger partial charge in [0.2, 0.25) is 0 Å². The minimum absolute atomic E-state index is 0.192. The van der Waals surface area contributed by atoms with Crippen LogP contribution in [0, 0.1) is 0 Å². The highest BCUT2D eigenvalue weighted by molar-refractivity contribution is 5.94. The van der Waals surface area contributed by atoms with Crippen molar-refractivity contribution in [2.75, 3.05) is 19.6 Å². The molecule has 0 aliphatic carbocycles. The summed E-state index contributed by atoms with van der Waals surface area (Å²) in [6.07, 6.45) is -4.29. The van der Waals surface area contributed by atoms with Crippen molar-refractivity contribution in [3.8, 4) is 5.75 Å². The topological polar surface area (TPSA) is 120 Å². The lowest BCUT2D eigenvalue weighted by Gasteiger charge is -2.32. The number of likely N-dealkylation sites (tertiary alicyclic amines) is 1. The maximum atomic E-state index is 12.8. The average Bonchev–Trinajstić information content (AvgIpc) is 3.58. The van der Waals surface area contributed by atoms with Gasteiger partial charge in [0.05, 0.1) is 11.6 Å². The number of ether oxygens (including phenoxy) is 1. The number of aliphatic carboxylic acids is 1. The fourth-order valence-corrected chi connectivity index (χ4v) is 4.75. The fourth-order valence-electron chi connectivity index (χ4n) is 4.75. The number of carboxylic acids is 1. The number of carboxylic acid groups (broad SMARTS) is 1. The van der Waals surface area contributed by atoms with Crippen LogP contribution in [0.4, 0.5) is 26.3 Å². The van der Waals surface area contributed by atoms with Crippen molar-refractivity contribution in [1.82, 2.24) is 25.2 Å². The average molecular weight is 573 g/mol. The Morgan fingerprint density at radius 2 is 1.65 bits per heavy atom. The number of hydrogen-bond acceptors (Lipinski definition) is 6. The number of imidazole rings is 1. The van der Waals surface area contributed by atoms with Gasteiger partial charge in [0.25, 0.3) is 5.91 Å². The molecule has 3 aromatic rings. The minimum atomic E-state index is -5.08. The van der Waals surface area contributed by atoms with Crippen LogP contribution in [0.5, 0.6) is 5.75 Å². The number of halogens is 6. The van der Waals surface area contributed by atoms with Crippen molar-refractivity contribution < 1.29 is 45.8 Å². The number of pyridine rings is 1. The summed E-state index contributed by atoms with van der Waals surface area (Å²) in [5.41, 5.74) is 3.19. The third-order valence-electron chi connectivity index (χ3n) is 6.63. The van der Waals surface area contributed by atoms with E-state index in [1.165, 1.54) is 12.1 Å². The van der Waals surface area contributed by atoms with E-state index < -0.39 is 18.5 Å². The standard InChI is InChI=1S/C23H24F3N5O2.C2HF3O2/c24-23(25,26)33-16-5-3-15(4-6-16)22(32)31-12-8-14(9-13-31)17-7-11-28-21-19(17)29-20(30-21)18-2-1-10-27-18;3-2(4,5)1(6)7/h3-7,11,14,18,27H,1-2,8-10,12-13H2,(H,28,29,30);(H,6,7)/t18-;/m0./s1. The quantitative estimate of drug-likeness (QED) is 0.379. The van der Waals surface area contributed by atoms with E-state index in [4.69, 9.17) is 9.90 Å². The van der Waals surface area contributed by atoms with E-state index in [2.05, 4.69) is 25.0 Å². The number of piperidine rings is 1. The Morgan fingerprint density at radius 1 is 1.00 bits per heavy atom. The zero-order chi connectivity index (χ0) is 29.1. The summed E-state index contributed by atoms with van der Waals surface area (Å²) in [7, 11) is 0. The van der Waals surface area contributed by atoms with Gasteiger partial charge in [-0.3, -0.25) is 4.79 Å². The first kappa shape index (κ1) is 29.1. The summed E-state index contributed by atoms with van der Waals surface area (Å²) in [5, 5.41) is 10.6. The molecule has 0 bridgehead atoms. The van der Waals surface area contributed by atoms with Crippen LogP contribution in [0.3, 0.4) is 0 Å². The molecule has 1 amide bonds. The number of alkyl halides is 6. The second kappa shape index (κ2) is 11.7. The molecule has 3 N–H and O–H groups in total. The number of fused-ring (bicyclic) bond motifs is 1. The monoisotopic (exact) mass is 573 g/mol. The first-order chi connectivity index (χ1) is 18.8.